The lowest BCUT2D eigenvalue weighted by molar-refractivity contribution is 0.0745. The molecule has 6 heteroatoms. The van der Waals surface area contributed by atoms with Crippen molar-refractivity contribution in [2.75, 3.05) is 27.3 Å². The highest BCUT2D eigenvalue weighted by Gasteiger charge is 2.17. The monoisotopic (exact) mass is 359 g/mol. The van der Waals surface area contributed by atoms with E-state index in [1.165, 1.54) is 0 Å². The third kappa shape index (κ3) is 4.06. The van der Waals surface area contributed by atoms with Gasteiger partial charge in [-0.15, -0.1) is 0 Å². The smallest absolute Gasteiger partial charge is 0.289 e. The lowest BCUT2D eigenvalue weighted by atomic mass is 10.2. The van der Waals surface area contributed by atoms with E-state index < -0.39 is 0 Å². The van der Waals surface area contributed by atoms with Gasteiger partial charge in [-0.05, 0) is 48.5 Å². The summed E-state index contributed by atoms with van der Waals surface area (Å²) in [6.07, 6.45) is 0. The second kappa shape index (κ2) is 7.49. The van der Waals surface area contributed by atoms with Gasteiger partial charge in [0.15, 0.2) is 5.76 Å². The number of carbonyl (C=O) groups excluding carboxylic acids is 1. The Balaban J connectivity index is 1.57. The average molecular weight is 360 g/mol. The summed E-state index contributed by atoms with van der Waals surface area (Å²) in [5.74, 6) is 1.57. The summed E-state index contributed by atoms with van der Waals surface area (Å²) in [4.78, 5) is 14.0. The molecular formula is C19H18ClNO4. The Morgan fingerprint density at radius 2 is 1.84 bits per heavy atom. The molecule has 0 spiro atoms. The van der Waals surface area contributed by atoms with Gasteiger partial charge in [0.05, 0.1) is 13.7 Å². The quantitative estimate of drug-likeness (QED) is 0.660. The van der Waals surface area contributed by atoms with Crippen LogP contribution in [0.25, 0.3) is 11.0 Å². The van der Waals surface area contributed by atoms with E-state index in [9.17, 15) is 4.79 Å². The van der Waals surface area contributed by atoms with Crippen LogP contribution in [-0.2, 0) is 0 Å². The number of amides is 1. The number of hydrogen-bond acceptors (Lipinski definition) is 4. The van der Waals surface area contributed by atoms with Gasteiger partial charge in [-0.25, -0.2) is 0 Å². The van der Waals surface area contributed by atoms with Crippen LogP contribution < -0.4 is 9.47 Å². The first-order valence-electron chi connectivity index (χ1n) is 7.78. The van der Waals surface area contributed by atoms with Gasteiger partial charge in [0.25, 0.3) is 5.91 Å². The van der Waals surface area contributed by atoms with Crippen molar-refractivity contribution in [1.82, 2.24) is 4.90 Å². The summed E-state index contributed by atoms with van der Waals surface area (Å²) in [5, 5.41) is 1.41. The highest BCUT2D eigenvalue weighted by atomic mass is 35.5. The van der Waals surface area contributed by atoms with Crippen LogP contribution in [0.15, 0.2) is 52.9 Å². The van der Waals surface area contributed by atoms with E-state index in [1.54, 1.807) is 43.3 Å². The van der Waals surface area contributed by atoms with E-state index in [0.717, 1.165) is 16.9 Å². The summed E-state index contributed by atoms with van der Waals surface area (Å²) in [6, 6.07) is 14.2. The Kier molecular flexibility index (Phi) is 5.14. The lowest BCUT2D eigenvalue weighted by Gasteiger charge is -2.16. The number of halogens is 1. The topological polar surface area (TPSA) is 51.9 Å². The number of methoxy groups -OCH3 is 1. The van der Waals surface area contributed by atoms with Gasteiger partial charge < -0.3 is 18.8 Å². The van der Waals surface area contributed by atoms with Gasteiger partial charge >= 0.3 is 0 Å². The highest BCUT2D eigenvalue weighted by molar-refractivity contribution is 6.31. The largest absolute Gasteiger partial charge is 0.497 e. The summed E-state index contributed by atoms with van der Waals surface area (Å²) in [7, 11) is 3.32. The third-order valence-corrected chi connectivity index (χ3v) is 4.03. The first kappa shape index (κ1) is 17.2. The van der Waals surface area contributed by atoms with Crippen molar-refractivity contribution >= 4 is 28.5 Å². The van der Waals surface area contributed by atoms with Crippen LogP contribution in [0, 0.1) is 0 Å². The van der Waals surface area contributed by atoms with E-state index in [2.05, 4.69) is 0 Å². The zero-order chi connectivity index (χ0) is 17.8. The third-order valence-electron chi connectivity index (χ3n) is 3.79. The van der Waals surface area contributed by atoms with Crippen molar-refractivity contribution in [2.24, 2.45) is 0 Å². The molecule has 0 unspecified atom stereocenters. The predicted molar refractivity (Wildman–Crippen MR) is 96.7 cm³/mol. The fourth-order valence-electron chi connectivity index (χ4n) is 2.38. The van der Waals surface area contributed by atoms with Crippen LogP contribution in [0.1, 0.15) is 10.6 Å². The molecular weight excluding hydrogens is 342 g/mol. The van der Waals surface area contributed by atoms with Gasteiger partial charge in [0.2, 0.25) is 0 Å². The van der Waals surface area contributed by atoms with Crippen molar-refractivity contribution in [1.29, 1.82) is 0 Å². The first-order valence-corrected chi connectivity index (χ1v) is 8.16. The molecule has 3 aromatic rings. The number of benzene rings is 2. The molecule has 3 rings (SSSR count). The molecule has 0 atom stereocenters. The molecule has 0 saturated carbocycles. The van der Waals surface area contributed by atoms with E-state index in [0.29, 0.717) is 23.8 Å². The molecule has 1 heterocycles. The molecule has 2 aromatic carbocycles. The summed E-state index contributed by atoms with van der Waals surface area (Å²) in [6.45, 7) is 0.809. The van der Waals surface area contributed by atoms with Crippen molar-refractivity contribution in [2.45, 2.75) is 0 Å². The van der Waals surface area contributed by atoms with Crippen LogP contribution in [0.4, 0.5) is 0 Å². The molecule has 0 fully saturated rings. The molecule has 0 aliphatic heterocycles. The maximum Gasteiger partial charge on any atom is 0.289 e. The van der Waals surface area contributed by atoms with Crippen LogP contribution >= 0.6 is 11.6 Å². The normalized spacial score (nSPS) is 10.7. The number of hydrogen-bond donors (Lipinski definition) is 0. The molecule has 0 radical (unpaired) electrons. The fourth-order valence-corrected chi connectivity index (χ4v) is 2.56. The SMILES string of the molecule is COc1ccc(OCCN(C)C(=O)c2cc3cc(Cl)ccc3o2)cc1. The maximum atomic E-state index is 12.5. The standard InChI is InChI=1S/C19H18ClNO4/c1-21(9-10-24-16-6-4-15(23-2)5-7-16)19(22)18-12-13-11-14(20)3-8-17(13)25-18/h3-8,11-12H,9-10H2,1-2H3. The molecule has 0 saturated heterocycles. The number of furan rings is 1. The zero-order valence-electron chi connectivity index (χ0n) is 14.0. The van der Waals surface area contributed by atoms with Gasteiger partial charge in [-0.1, -0.05) is 11.6 Å². The number of nitrogens with zero attached hydrogens (tertiary/aromatic N) is 1. The first-order chi connectivity index (χ1) is 12.1. The Morgan fingerprint density at radius 1 is 1.12 bits per heavy atom. The van der Waals surface area contributed by atoms with Crippen molar-refractivity contribution in [3.05, 3.63) is 59.3 Å². The van der Waals surface area contributed by atoms with Crippen LogP contribution in [0.2, 0.25) is 5.02 Å². The van der Waals surface area contributed by atoms with E-state index in [1.807, 2.05) is 24.3 Å². The van der Waals surface area contributed by atoms with Crippen LogP contribution in [-0.4, -0.2) is 38.1 Å². The zero-order valence-corrected chi connectivity index (χ0v) is 14.7. The number of rotatable bonds is 6. The Morgan fingerprint density at radius 3 is 2.56 bits per heavy atom. The minimum atomic E-state index is -0.203. The second-order valence-electron chi connectivity index (χ2n) is 5.54. The van der Waals surface area contributed by atoms with Gasteiger partial charge in [0.1, 0.15) is 23.7 Å². The fraction of sp³-hybridized carbons (Fsp3) is 0.211. The second-order valence-corrected chi connectivity index (χ2v) is 5.98. The van der Waals surface area contributed by atoms with E-state index >= 15 is 0 Å². The molecule has 1 amide bonds. The molecule has 1 aromatic heterocycles. The highest BCUT2D eigenvalue weighted by Crippen LogP contribution is 2.23. The molecule has 0 N–H and O–H groups in total. The maximum absolute atomic E-state index is 12.5. The predicted octanol–water partition coefficient (Wildman–Crippen LogP) is 4.25. The van der Waals surface area contributed by atoms with Crippen LogP contribution in [0.3, 0.4) is 0 Å². The average Bonchev–Trinajstić information content (AvgIpc) is 3.04. The molecule has 0 bridgehead atoms. The summed E-state index contributed by atoms with van der Waals surface area (Å²) >= 11 is 5.95. The van der Waals surface area contributed by atoms with Gasteiger partial charge in [0, 0.05) is 17.5 Å². The molecule has 0 aliphatic carbocycles. The Labute approximate surface area is 150 Å². The Hall–Kier alpha value is -2.66. The van der Waals surface area contributed by atoms with Crippen molar-refractivity contribution < 1.29 is 18.7 Å². The van der Waals surface area contributed by atoms with Gasteiger partial charge in [-0.2, -0.15) is 0 Å². The summed E-state index contributed by atoms with van der Waals surface area (Å²) in [5.41, 5.74) is 0.635. The van der Waals surface area contributed by atoms with Gasteiger partial charge in [-0.3, -0.25) is 4.79 Å². The lowest BCUT2D eigenvalue weighted by Crippen LogP contribution is -2.30. The summed E-state index contributed by atoms with van der Waals surface area (Å²) < 4.78 is 16.3. The molecule has 130 valence electrons. The molecule has 25 heavy (non-hydrogen) atoms. The number of ether oxygens (including phenoxy) is 2. The molecule has 5 nitrogen and oxygen atoms in total. The number of carbonyl (C=O) groups is 1. The Bertz CT molecular complexity index is 873. The van der Waals surface area contributed by atoms with E-state index in [-0.39, 0.29) is 11.7 Å². The number of likely N-dealkylation sites (N-methyl/N-ethyl adjacent to an activating group) is 1. The number of fused-ring (bicyclic) bond motifs is 1. The minimum Gasteiger partial charge on any atom is -0.497 e. The van der Waals surface area contributed by atoms with Crippen LogP contribution in [0.5, 0.6) is 11.5 Å². The van der Waals surface area contributed by atoms with Crippen molar-refractivity contribution in [3.8, 4) is 11.5 Å². The van der Waals surface area contributed by atoms with Crippen molar-refractivity contribution in [3.63, 3.8) is 0 Å². The van der Waals surface area contributed by atoms with E-state index in [4.69, 9.17) is 25.5 Å². The minimum absolute atomic E-state index is 0.203. The molecule has 0 aliphatic rings.